The van der Waals surface area contributed by atoms with Crippen molar-refractivity contribution in [2.45, 2.75) is 12.8 Å². The fraction of sp³-hybridized carbons (Fsp3) is 0.273. The van der Waals surface area contributed by atoms with E-state index in [1.165, 1.54) is 12.0 Å². The summed E-state index contributed by atoms with van der Waals surface area (Å²) < 4.78 is 5.32. The number of nitrogens with one attached hydrogen (secondary N) is 2. The number of ether oxygens (including phenoxy) is 1. The van der Waals surface area contributed by atoms with Crippen LogP contribution < -0.4 is 26.0 Å². The predicted molar refractivity (Wildman–Crippen MR) is 115 cm³/mol. The first-order valence-corrected chi connectivity index (χ1v) is 9.80. The van der Waals surface area contributed by atoms with Crippen LogP contribution >= 0.6 is 0 Å². The first-order chi connectivity index (χ1) is 14.9. The molecule has 0 radical (unpaired) electrons. The van der Waals surface area contributed by atoms with E-state index in [-0.39, 0.29) is 43.3 Å². The van der Waals surface area contributed by atoms with Gasteiger partial charge in [-0.25, -0.2) is 0 Å². The summed E-state index contributed by atoms with van der Waals surface area (Å²) in [5.74, 6) is -1.52. The standard InChI is InChI=1S/C22H24N4O5/c1-31-18-9-5-4-8-17(18)26-13-14(12-20(26)28)21(29)25-16-7-3-2-6-15(16)22(30)24-11-10-19(23)27/h2-9,14H,10-13H2,1H3,(H2,23,27)(H,24,30)(H,25,29). The zero-order chi connectivity index (χ0) is 22.4. The summed E-state index contributed by atoms with van der Waals surface area (Å²) in [4.78, 5) is 50.2. The first kappa shape index (κ1) is 21.8. The van der Waals surface area contributed by atoms with Crippen molar-refractivity contribution in [3.63, 3.8) is 0 Å². The van der Waals surface area contributed by atoms with E-state index in [2.05, 4.69) is 10.6 Å². The second-order valence-electron chi connectivity index (χ2n) is 7.08. The number of nitrogens with two attached hydrogens (primary N) is 1. The van der Waals surface area contributed by atoms with Crippen molar-refractivity contribution in [3.05, 3.63) is 54.1 Å². The lowest BCUT2D eigenvalue weighted by Crippen LogP contribution is -2.30. The van der Waals surface area contributed by atoms with E-state index >= 15 is 0 Å². The average molecular weight is 424 g/mol. The van der Waals surface area contributed by atoms with Gasteiger partial charge in [0.1, 0.15) is 5.75 Å². The third-order valence-corrected chi connectivity index (χ3v) is 4.96. The molecule has 1 saturated heterocycles. The molecule has 0 aromatic heterocycles. The molecule has 1 atom stereocenters. The lowest BCUT2D eigenvalue weighted by molar-refractivity contribution is -0.122. The lowest BCUT2D eigenvalue weighted by atomic mass is 10.1. The molecule has 1 aliphatic heterocycles. The molecular weight excluding hydrogens is 400 g/mol. The number of anilines is 2. The van der Waals surface area contributed by atoms with Crippen molar-refractivity contribution in [1.82, 2.24) is 5.32 Å². The predicted octanol–water partition coefficient (Wildman–Crippen LogP) is 1.29. The van der Waals surface area contributed by atoms with Gasteiger partial charge in [-0.2, -0.15) is 0 Å². The number of primary amides is 1. The van der Waals surface area contributed by atoms with Crippen molar-refractivity contribution in [3.8, 4) is 5.75 Å². The van der Waals surface area contributed by atoms with Crippen LogP contribution in [0.4, 0.5) is 11.4 Å². The molecule has 2 aromatic carbocycles. The molecule has 31 heavy (non-hydrogen) atoms. The maximum atomic E-state index is 12.9. The molecule has 0 aliphatic carbocycles. The number of hydrogen-bond acceptors (Lipinski definition) is 5. The molecule has 1 fully saturated rings. The third-order valence-electron chi connectivity index (χ3n) is 4.96. The maximum absolute atomic E-state index is 12.9. The fourth-order valence-electron chi connectivity index (χ4n) is 3.39. The maximum Gasteiger partial charge on any atom is 0.253 e. The van der Waals surface area contributed by atoms with Crippen LogP contribution in [0.5, 0.6) is 5.75 Å². The number of nitrogens with zero attached hydrogens (tertiary/aromatic N) is 1. The van der Waals surface area contributed by atoms with E-state index in [0.29, 0.717) is 17.1 Å². The van der Waals surface area contributed by atoms with Gasteiger partial charge in [-0.15, -0.1) is 0 Å². The Morgan fingerprint density at radius 3 is 2.58 bits per heavy atom. The van der Waals surface area contributed by atoms with E-state index in [1.54, 1.807) is 48.5 Å². The van der Waals surface area contributed by atoms with Crippen LogP contribution in [0.25, 0.3) is 0 Å². The summed E-state index contributed by atoms with van der Waals surface area (Å²) in [6.45, 7) is 0.305. The number of amides is 4. The monoisotopic (exact) mass is 424 g/mol. The van der Waals surface area contributed by atoms with Gasteiger partial charge in [-0.1, -0.05) is 24.3 Å². The lowest BCUT2D eigenvalue weighted by Gasteiger charge is -2.19. The van der Waals surface area contributed by atoms with E-state index < -0.39 is 17.7 Å². The quantitative estimate of drug-likeness (QED) is 0.588. The average Bonchev–Trinajstić information content (AvgIpc) is 3.15. The molecule has 0 spiro atoms. The van der Waals surface area contributed by atoms with E-state index in [0.717, 1.165) is 0 Å². The number of rotatable bonds is 8. The second-order valence-corrected chi connectivity index (χ2v) is 7.08. The van der Waals surface area contributed by atoms with Crippen LogP contribution in [-0.4, -0.2) is 43.8 Å². The Morgan fingerprint density at radius 1 is 1.13 bits per heavy atom. The van der Waals surface area contributed by atoms with Gasteiger partial charge in [-0.3, -0.25) is 19.2 Å². The SMILES string of the molecule is COc1ccccc1N1CC(C(=O)Nc2ccccc2C(=O)NCCC(N)=O)CC1=O. The summed E-state index contributed by atoms with van der Waals surface area (Å²) in [6.07, 6.45) is 0.0695. The molecule has 9 heteroatoms. The summed E-state index contributed by atoms with van der Waals surface area (Å²) in [7, 11) is 1.52. The van der Waals surface area contributed by atoms with Gasteiger partial charge in [0.05, 0.1) is 30.0 Å². The zero-order valence-electron chi connectivity index (χ0n) is 17.1. The van der Waals surface area contributed by atoms with Crippen LogP contribution in [-0.2, 0) is 14.4 Å². The first-order valence-electron chi connectivity index (χ1n) is 9.80. The molecule has 1 unspecified atom stereocenters. The van der Waals surface area contributed by atoms with Gasteiger partial charge in [0, 0.05) is 25.9 Å². The van der Waals surface area contributed by atoms with Crippen LogP contribution in [0.3, 0.4) is 0 Å². The van der Waals surface area contributed by atoms with Gasteiger partial charge < -0.3 is 26.0 Å². The Labute approximate surface area is 179 Å². The highest BCUT2D eigenvalue weighted by molar-refractivity contribution is 6.07. The second kappa shape index (κ2) is 9.75. The molecular formula is C22H24N4O5. The van der Waals surface area contributed by atoms with Gasteiger partial charge in [0.15, 0.2) is 0 Å². The van der Waals surface area contributed by atoms with Crippen molar-refractivity contribution in [1.29, 1.82) is 0 Å². The molecule has 1 heterocycles. The molecule has 162 valence electrons. The molecule has 4 amide bonds. The van der Waals surface area contributed by atoms with Gasteiger partial charge >= 0.3 is 0 Å². The molecule has 4 N–H and O–H groups in total. The van der Waals surface area contributed by atoms with Gasteiger partial charge in [0.2, 0.25) is 17.7 Å². The van der Waals surface area contributed by atoms with Crippen molar-refractivity contribution in [2.75, 3.05) is 30.4 Å². The van der Waals surface area contributed by atoms with Crippen molar-refractivity contribution in [2.24, 2.45) is 11.7 Å². The highest BCUT2D eigenvalue weighted by Crippen LogP contribution is 2.33. The Kier molecular flexibility index (Phi) is 6.86. The minimum Gasteiger partial charge on any atom is -0.495 e. The van der Waals surface area contributed by atoms with Crippen LogP contribution in [0.2, 0.25) is 0 Å². The molecule has 0 bridgehead atoms. The summed E-state index contributed by atoms with van der Waals surface area (Å²) in [5.41, 5.74) is 6.27. The minimum atomic E-state index is -0.580. The smallest absolute Gasteiger partial charge is 0.253 e. The Morgan fingerprint density at radius 2 is 1.84 bits per heavy atom. The highest BCUT2D eigenvalue weighted by Gasteiger charge is 2.36. The number of carbonyl (C=O) groups excluding carboxylic acids is 4. The highest BCUT2D eigenvalue weighted by atomic mass is 16.5. The topological polar surface area (TPSA) is 131 Å². The number of methoxy groups -OCH3 is 1. The summed E-state index contributed by atoms with van der Waals surface area (Å²) in [6, 6.07) is 13.7. The summed E-state index contributed by atoms with van der Waals surface area (Å²) >= 11 is 0. The van der Waals surface area contributed by atoms with Gasteiger partial charge in [0.25, 0.3) is 5.91 Å². The number of carbonyl (C=O) groups is 4. The number of para-hydroxylation sites is 3. The fourth-order valence-corrected chi connectivity index (χ4v) is 3.39. The Bertz CT molecular complexity index is 1010. The van der Waals surface area contributed by atoms with E-state index in [4.69, 9.17) is 10.5 Å². The number of benzene rings is 2. The molecule has 9 nitrogen and oxygen atoms in total. The van der Waals surface area contributed by atoms with Crippen LogP contribution in [0.1, 0.15) is 23.2 Å². The molecule has 1 aliphatic rings. The Balaban J connectivity index is 1.69. The number of hydrogen-bond donors (Lipinski definition) is 3. The molecule has 2 aromatic rings. The van der Waals surface area contributed by atoms with Crippen molar-refractivity contribution >= 4 is 35.0 Å². The molecule has 3 rings (SSSR count). The van der Waals surface area contributed by atoms with E-state index in [1.807, 2.05) is 0 Å². The van der Waals surface area contributed by atoms with Crippen molar-refractivity contribution < 1.29 is 23.9 Å². The normalized spacial score (nSPS) is 15.5. The van der Waals surface area contributed by atoms with E-state index in [9.17, 15) is 19.2 Å². The third kappa shape index (κ3) is 5.19. The summed E-state index contributed by atoms with van der Waals surface area (Å²) in [5, 5.41) is 5.35. The van der Waals surface area contributed by atoms with Crippen LogP contribution in [0, 0.1) is 5.92 Å². The largest absolute Gasteiger partial charge is 0.495 e. The minimum absolute atomic E-state index is 0.0171. The zero-order valence-corrected chi connectivity index (χ0v) is 17.1. The van der Waals surface area contributed by atoms with Crippen LogP contribution in [0.15, 0.2) is 48.5 Å². The Hall–Kier alpha value is -3.88. The van der Waals surface area contributed by atoms with Gasteiger partial charge in [-0.05, 0) is 24.3 Å². The molecule has 0 saturated carbocycles.